The standard InChI is InChI=1S/C21H24F3N7O2/c1-6-33-19-13(4)16(8-12(3)26-19)27-20(32)25-9-14-7-11(2)17(29-28-14)15-10-31(5)30-18(15)21(22,23)24/h7-8,10H,6,9H2,1-5H3,(H2,25,26,27,32). The summed E-state index contributed by atoms with van der Waals surface area (Å²) in [5.41, 5.74) is 1.69. The molecule has 3 aromatic rings. The van der Waals surface area contributed by atoms with Gasteiger partial charge in [-0.05, 0) is 45.4 Å². The van der Waals surface area contributed by atoms with Crippen LogP contribution in [0.2, 0.25) is 0 Å². The van der Waals surface area contributed by atoms with Crippen LogP contribution in [0.5, 0.6) is 5.88 Å². The number of rotatable bonds is 6. The van der Waals surface area contributed by atoms with Gasteiger partial charge in [0.05, 0.1) is 35.8 Å². The Kier molecular flexibility index (Phi) is 6.84. The molecule has 0 radical (unpaired) electrons. The molecule has 0 bridgehead atoms. The lowest BCUT2D eigenvalue weighted by Gasteiger charge is -2.14. The van der Waals surface area contributed by atoms with Gasteiger partial charge in [0.2, 0.25) is 5.88 Å². The summed E-state index contributed by atoms with van der Waals surface area (Å²) < 4.78 is 46.4. The van der Waals surface area contributed by atoms with Gasteiger partial charge in [0.25, 0.3) is 0 Å². The molecule has 0 fully saturated rings. The molecule has 2 N–H and O–H groups in total. The lowest BCUT2D eigenvalue weighted by molar-refractivity contribution is -0.141. The first-order valence-electron chi connectivity index (χ1n) is 10.1. The molecule has 9 nitrogen and oxygen atoms in total. The second kappa shape index (κ2) is 9.43. The van der Waals surface area contributed by atoms with Gasteiger partial charge >= 0.3 is 12.2 Å². The van der Waals surface area contributed by atoms with E-state index in [-0.39, 0.29) is 17.8 Å². The number of halogens is 3. The highest BCUT2D eigenvalue weighted by molar-refractivity contribution is 5.90. The number of nitrogens with zero attached hydrogens (tertiary/aromatic N) is 5. The fraction of sp³-hybridized carbons (Fsp3) is 0.381. The number of hydrogen-bond acceptors (Lipinski definition) is 6. The Hall–Kier alpha value is -3.70. The normalized spacial score (nSPS) is 11.4. The highest BCUT2D eigenvalue weighted by Gasteiger charge is 2.38. The molecule has 3 heterocycles. The summed E-state index contributed by atoms with van der Waals surface area (Å²) in [6.07, 6.45) is -3.37. The van der Waals surface area contributed by atoms with Crippen molar-refractivity contribution in [3.05, 3.63) is 46.5 Å². The zero-order chi connectivity index (χ0) is 24.3. The average molecular weight is 463 g/mol. The van der Waals surface area contributed by atoms with E-state index >= 15 is 0 Å². The number of urea groups is 1. The third-order valence-electron chi connectivity index (χ3n) is 4.70. The molecule has 12 heteroatoms. The summed E-state index contributed by atoms with van der Waals surface area (Å²) >= 11 is 0. The van der Waals surface area contributed by atoms with E-state index in [1.165, 1.54) is 13.2 Å². The number of amides is 2. The van der Waals surface area contributed by atoms with Crippen LogP contribution in [-0.2, 0) is 19.8 Å². The van der Waals surface area contributed by atoms with Crippen LogP contribution in [0.25, 0.3) is 11.3 Å². The number of aromatic nitrogens is 5. The smallest absolute Gasteiger partial charge is 0.435 e. The number of carbonyl (C=O) groups is 1. The maximum absolute atomic E-state index is 13.3. The Morgan fingerprint density at radius 2 is 1.91 bits per heavy atom. The van der Waals surface area contributed by atoms with Crippen molar-refractivity contribution in [3.8, 4) is 17.1 Å². The molecule has 176 valence electrons. The molecule has 0 atom stereocenters. The third-order valence-corrected chi connectivity index (χ3v) is 4.70. The van der Waals surface area contributed by atoms with Crippen molar-refractivity contribution in [2.24, 2.45) is 7.05 Å². The Morgan fingerprint density at radius 3 is 2.55 bits per heavy atom. The first-order valence-corrected chi connectivity index (χ1v) is 10.1. The quantitative estimate of drug-likeness (QED) is 0.574. The molecule has 0 aliphatic heterocycles. The van der Waals surface area contributed by atoms with Crippen LogP contribution in [0.1, 0.15) is 35.1 Å². The fourth-order valence-electron chi connectivity index (χ4n) is 3.22. The molecule has 0 unspecified atom stereocenters. The Morgan fingerprint density at radius 1 is 1.18 bits per heavy atom. The summed E-state index contributed by atoms with van der Waals surface area (Å²) in [6, 6.07) is 2.81. The van der Waals surface area contributed by atoms with E-state index in [4.69, 9.17) is 4.74 Å². The molecule has 0 saturated carbocycles. The van der Waals surface area contributed by atoms with Crippen molar-refractivity contribution in [1.29, 1.82) is 0 Å². The largest absolute Gasteiger partial charge is 0.478 e. The lowest BCUT2D eigenvalue weighted by atomic mass is 10.1. The number of pyridine rings is 1. The molecule has 3 aromatic heterocycles. The van der Waals surface area contributed by atoms with Gasteiger partial charge < -0.3 is 15.4 Å². The number of anilines is 1. The predicted octanol–water partition coefficient (Wildman–Crippen LogP) is 3.94. The topological polar surface area (TPSA) is 107 Å². The monoisotopic (exact) mass is 463 g/mol. The van der Waals surface area contributed by atoms with Crippen LogP contribution in [0.4, 0.5) is 23.7 Å². The van der Waals surface area contributed by atoms with Crippen molar-refractivity contribution in [1.82, 2.24) is 30.3 Å². The summed E-state index contributed by atoms with van der Waals surface area (Å²) in [6.45, 7) is 7.52. The summed E-state index contributed by atoms with van der Waals surface area (Å²) in [5, 5.41) is 16.8. The zero-order valence-electron chi connectivity index (χ0n) is 18.8. The van der Waals surface area contributed by atoms with E-state index < -0.39 is 17.9 Å². The predicted molar refractivity (Wildman–Crippen MR) is 115 cm³/mol. The summed E-state index contributed by atoms with van der Waals surface area (Å²) in [7, 11) is 1.40. The number of carbonyl (C=O) groups excluding carboxylic acids is 1. The van der Waals surface area contributed by atoms with E-state index in [1.807, 2.05) is 6.92 Å². The van der Waals surface area contributed by atoms with Crippen LogP contribution < -0.4 is 15.4 Å². The van der Waals surface area contributed by atoms with Gasteiger partial charge in [-0.1, -0.05) is 0 Å². The number of alkyl halides is 3. The molecular formula is C21H24F3N7O2. The number of ether oxygens (including phenoxy) is 1. The number of hydrogen-bond donors (Lipinski definition) is 2. The molecule has 0 aliphatic rings. The molecule has 0 aliphatic carbocycles. The minimum atomic E-state index is -4.62. The first kappa shape index (κ1) is 24.0. The van der Waals surface area contributed by atoms with Gasteiger partial charge in [-0.3, -0.25) is 4.68 Å². The first-order chi connectivity index (χ1) is 15.5. The Labute approximate surface area is 188 Å². The molecule has 2 amide bonds. The van der Waals surface area contributed by atoms with Gasteiger partial charge in [0.15, 0.2) is 5.69 Å². The highest BCUT2D eigenvalue weighted by atomic mass is 19.4. The molecule has 33 heavy (non-hydrogen) atoms. The van der Waals surface area contributed by atoms with Crippen LogP contribution in [0.15, 0.2) is 18.3 Å². The van der Waals surface area contributed by atoms with E-state index in [1.54, 1.807) is 32.9 Å². The average Bonchev–Trinajstić information content (AvgIpc) is 3.12. The van der Waals surface area contributed by atoms with E-state index in [2.05, 4.69) is 30.9 Å². The van der Waals surface area contributed by atoms with Gasteiger partial charge in [0, 0.05) is 24.5 Å². The van der Waals surface area contributed by atoms with Crippen molar-refractivity contribution in [2.75, 3.05) is 11.9 Å². The fourth-order valence-corrected chi connectivity index (χ4v) is 3.22. The molecule has 0 spiro atoms. The minimum absolute atomic E-state index is 0.0283. The van der Waals surface area contributed by atoms with Gasteiger partial charge in [0.1, 0.15) is 0 Å². The summed E-state index contributed by atoms with van der Waals surface area (Å²) in [5.74, 6) is 0.443. The molecular weight excluding hydrogens is 439 g/mol. The van der Waals surface area contributed by atoms with E-state index in [9.17, 15) is 18.0 Å². The van der Waals surface area contributed by atoms with Gasteiger partial charge in [-0.25, -0.2) is 9.78 Å². The van der Waals surface area contributed by atoms with Crippen LogP contribution in [0.3, 0.4) is 0 Å². The lowest BCUT2D eigenvalue weighted by Crippen LogP contribution is -2.29. The van der Waals surface area contributed by atoms with Crippen LogP contribution in [0, 0.1) is 20.8 Å². The van der Waals surface area contributed by atoms with Crippen molar-refractivity contribution >= 4 is 11.7 Å². The molecule has 0 saturated heterocycles. The maximum Gasteiger partial charge on any atom is 0.435 e. The SMILES string of the molecule is CCOc1nc(C)cc(NC(=O)NCc2cc(C)c(-c3cn(C)nc3C(F)(F)F)nn2)c1C. The van der Waals surface area contributed by atoms with Crippen molar-refractivity contribution in [3.63, 3.8) is 0 Å². The third kappa shape index (κ3) is 5.57. The van der Waals surface area contributed by atoms with E-state index in [0.717, 1.165) is 4.68 Å². The second-order valence-corrected chi connectivity index (χ2v) is 7.41. The Balaban J connectivity index is 1.72. The number of aryl methyl sites for hydroxylation is 3. The van der Waals surface area contributed by atoms with Crippen LogP contribution >= 0.6 is 0 Å². The zero-order valence-corrected chi connectivity index (χ0v) is 18.8. The summed E-state index contributed by atoms with van der Waals surface area (Å²) in [4.78, 5) is 16.7. The minimum Gasteiger partial charge on any atom is -0.478 e. The van der Waals surface area contributed by atoms with Crippen LogP contribution in [-0.4, -0.2) is 37.6 Å². The molecule has 3 rings (SSSR count). The number of nitrogens with one attached hydrogen (secondary N) is 2. The van der Waals surface area contributed by atoms with E-state index in [0.29, 0.717) is 40.7 Å². The van der Waals surface area contributed by atoms with Crippen molar-refractivity contribution < 1.29 is 22.7 Å². The van der Waals surface area contributed by atoms with Gasteiger partial charge in [-0.2, -0.15) is 23.4 Å². The maximum atomic E-state index is 13.3. The Bertz CT molecular complexity index is 1180. The second-order valence-electron chi connectivity index (χ2n) is 7.41. The van der Waals surface area contributed by atoms with Crippen molar-refractivity contribution in [2.45, 2.75) is 40.4 Å². The molecule has 0 aromatic carbocycles. The van der Waals surface area contributed by atoms with Gasteiger partial charge in [-0.15, -0.1) is 5.10 Å². The highest BCUT2D eigenvalue weighted by Crippen LogP contribution is 2.36.